The number of benzene rings is 1. The van der Waals surface area contributed by atoms with Crippen LogP contribution in [0.15, 0.2) is 29.3 Å². The third kappa shape index (κ3) is 2.65. The first-order valence-electron chi connectivity index (χ1n) is 4.94. The van der Waals surface area contributed by atoms with Crippen LogP contribution in [0.4, 0.5) is 5.69 Å². The Morgan fingerprint density at radius 3 is 2.53 bits per heavy atom. The molecule has 1 aromatic rings. The lowest BCUT2D eigenvalue weighted by atomic mass is 10.2. The van der Waals surface area contributed by atoms with E-state index in [4.69, 9.17) is 0 Å². The maximum Gasteiger partial charge on any atom is 0.239 e. The number of carboxylic acid groups (broad SMARTS) is 1. The summed E-state index contributed by atoms with van der Waals surface area (Å²) in [6.07, 6.45) is 0. The molecule has 0 aliphatic carbocycles. The van der Waals surface area contributed by atoms with Crippen LogP contribution >= 0.6 is 11.8 Å². The van der Waals surface area contributed by atoms with Crippen molar-refractivity contribution in [2.75, 3.05) is 0 Å². The fraction of sp³-hybridized carbons (Fsp3) is 0.182. The summed E-state index contributed by atoms with van der Waals surface area (Å²) in [6.45, 7) is 1.79. The average Bonchev–Trinajstić information content (AvgIpc) is 2.58. The first-order valence-corrected chi connectivity index (χ1v) is 5.82. The number of carbonyl (C=O) groups excluding carboxylic acids is 2. The maximum absolute atomic E-state index is 11.2. The molecule has 88 valence electrons. The zero-order valence-electron chi connectivity index (χ0n) is 8.97. The van der Waals surface area contributed by atoms with Crippen molar-refractivity contribution in [2.45, 2.75) is 12.2 Å². The quantitative estimate of drug-likeness (QED) is 0.816. The molecule has 0 bridgehead atoms. The van der Waals surface area contributed by atoms with Gasteiger partial charge in [0, 0.05) is 0 Å². The number of hydrogen-bond donors (Lipinski definition) is 1. The number of hydrogen-bond acceptors (Lipinski definition) is 5. The molecular weight excluding hydrogens is 240 g/mol. The number of amides is 1. The van der Waals surface area contributed by atoms with Crippen molar-refractivity contribution in [3.8, 4) is 0 Å². The van der Waals surface area contributed by atoms with Gasteiger partial charge in [-0.25, -0.2) is 4.99 Å². The zero-order valence-corrected chi connectivity index (χ0v) is 9.78. The number of nitrogens with zero attached hydrogens (tertiary/aromatic N) is 1. The third-order valence-corrected chi connectivity index (χ3v) is 3.21. The van der Waals surface area contributed by atoms with Crippen LogP contribution in [0, 0.1) is 0 Å². The van der Waals surface area contributed by atoms with Crippen molar-refractivity contribution in [1.29, 1.82) is 0 Å². The SMILES string of the molecule is C[C@@H]1SC(=Nc2ccc(C(=O)[O-])cc2)NC1=O. The minimum Gasteiger partial charge on any atom is -0.545 e. The van der Waals surface area contributed by atoms with Crippen molar-refractivity contribution in [3.05, 3.63) is 29.8 Å². The summed E-state index contributed by atoms with van der Waals surface area (Å²) in [4.78, 5) is 25.9. The molecule has 6 heteroatoms. The first kappa shape index (κ1) is 11.7. The molecule has 1 aliphatic rings. The van der Waals surface area contributed by atoms with Crippen LogP contribution in [0.5, 0.6) is 0 Å². The molecule has 0 radical (unpaired) electrons. The molecule has 1 amide bonds. The lowest BCUT2D eigenvalue weighted by molar-refractivity contribution is -0.255. The van der Waals surface area contributed by atoms with Gasteiger partial charge in [0.2, 0.25) is 5.91 Å². The van der Waals surface area contributed by atoms with Crippen LogP contribution in [0.3, 0.4) is 0 Å². The Bertz CT molecular complexity index is 496. The van der Waals surface area contributed by atoms with E-state index in [1.165, 1.54) is 23.9 Å². The molecule has 0 unspecified atom stereocenters. The highest BCUT2D eigenvalue weighted by molar-refractivity contribution is 8.15. The fourth-order valence-corrected chi connectivity index (χ4v) is 2.12. The fourth-order valence-electron chi connectivity index (χ4n) is 1.30. The Hall–Kier alpha value is -1.82. The van der Waals surface area contributed by atoms with Crippen LogP contribution in [-0.2, 0) is 4.79 Å². The molecule has 5 nitrogen and oxygen atoms in total. The lowest BCUT2D eigenvalue weighted by Gasteiger charge is -2.02. The van der Waals surface area contributed by atoms with Gasteiger partial charge in [0.25, 0.3) is 0 Å². The van der Waals surface area contributed by atoms with Crippen molar-refractivity contribution in [2.24, 2.45) is 4.99 Å². The van der Waals surface area contributed by atoms with Crippen molar-refractivity contribution >= 4 is 34.5 Å². The van der Waals surface area contributed by atoms with E-state index in [9.17, 15) is 14.7 Å². The molecule has 1 saturated heterocycles. The monoisotopic (exact) mass is 249 g/mol. The van der Waals surface area contributed by atoms with E-state index in [1.807, 2.05) is 0 Å². The third-order valence-electron chi connectivity index (χ3n) is 2.22. The van der Waals surface area contributed by atoms with Crippen LogP contribution in [0.1, 0.15) is 17.3 Å². The van der Waals surface area contributed by atoms with E-state index in [0.717, 1.165) is 0 Å². The molecule has 2 rings (SSSR count). The van der Waals surface area contributed by atoms with E-state index < -0.39 is 5.97 Å². The summed E-state index contributed by atoms with van der Waals surface area (Å²) in [5.74, 6) is -1.29. The minimum atomic E-state index is -1.22. The molecular formula is C11H9N2O3S-. The smallest absolute Gasteiger partial charge is 0.239 e. The standard InChI is InChI=1S/C11H10N2O3S/c1-6-9(14)13-11(17-6)12-8-4-2-7(3-5-8)10(15)16/h2-6H,1H3,(H,15,16)(H,12,13,14)/p-1/t6-/m0/s1. The molecule has 1 aromatic carbocycles. The second-order valence-corrected chi connectivity index (χ2v) is 4.83. The number of rotatable bonds is 2. The van der Waals surface area contributed by atoms with Gasteiger partial charge < -0.3 is 15.2 Å². The second kappa shape index (κ2) is 4.58. The number of amidine groups is 1. The predicted octanol–water partition coefficient (Wildman–Crippen LogP) is 0.289. The number of thioether (sulfide) groups is 1. The van der Waals surface area contributed by atoms with Crippen LogP contribution < -0.4 is 10.4 Å². The minimum absolute atomic E-state index is 0.0693. The van der Waals surface area contributed by atoms with E-state index in [1.54, 1.807) is 19.1 Å². The lowest BCUT2D eigenvalue weighted by Crippen LogP contribution is -2.23. The Balaban J connectivity index is 2.17. The largest absolute Gasteiger partial charge is 0.545 e. The van der Waals surface area contributed by atoms with E-state index >= 15 is 0 Å². The number of carboxylic acids is 1. The first-order chi connectivity index (χ1) is 8.06. The number of aromatic carboxylic acids is 1. The van der Waals surface area contributed by atoms with E-state index in [-0.39, 0.29) is 16.7 Å². The molecule has 1 atom stereocenters. The zero-order chi connectivity index (χ0) is 12.4. The Morgan fingerprint density at radius 2 is 2.06 bits per heavy atom. The van der Waals surface area contributed by atoms with Crippen LogP contribution in [0.2, 0.25) is 0 Å². The summed E-state index contributed by atoms with van der Waals surface area (Å²) in [5.41, 5.74) is 0.692. The van der Waals surface area contributed by atoms with Crippen LogP contribution in [-0.4, -0.2) is 22.3 Å². The normalized spacial score (nSPS) is 21.6. The highest BCUT2D eigenvalue weighted by Crippen LogP contribution is 2.22. The summed E-state index contributed by atoms with van der Waals surface area (Å²) >= 11 is 1.34. The Labute approximate surface area is 102 Å². The molecule has 0 saturated carbocycles. The van der Waals surface area contributed by atoms with Gasteiger partial charge in [-0.05, 0) is 24.6 Å². The molecule has 0 spiro atoms. The molecule has 1 aliphatic heterocycles. The number of nitrogens with one attached hydrogen (secondary N) is 1. The molecule has 0 aromatic heterocycles. The van der Waals surface area contributed by atoms with Gasteiger partial charge in [-0.1, -0.05) is 23.9 Å². The van der Waals surface area contributed by atoms with Crippen molar-refractivity contribution in [1.82, 2.24) is 5.32 Å². The van der Waals surface area contributed by atoms with Gasteiger partial charge in [-0.3, -0.25) is 4.79 Å². The van der Waals surface area contributed by atoms with Crippen LogP contribution in [0.25, 0.3) is 0 Å². The molecule has 1 heterocycles. The summed E-state index contributed by atoms with van der Waals surface area (Å²) in [6, 6.07) is 5.96. The predicted molar refractivity (Wildman–Crippen MR) is 63.1 cm³/mol. The summed E-state index contributed by atoms with van der Waals surface area (Å²) in [7, 11) is 0. The van der Waals surface area contributed by atoms with Crippen molar-refractivity contribution in [3.63, 3.8) is 0 Å². The molecule has 17 heavy (non-hydrogen) atoms. The summed E-state index contributed by atoms with van der Waals surface area (Å²) in [5, 5.41) is 13.6. The molecule has 1 N–H and O–H groups in total. The maximum atomic E-state index is 11.2. The van der Waals surface area contributed by atoms with E-state index in [0.29, 0.717) is 10.9 Å². The number of carbonyl (C=O) groups is 2. The van der Waals surface area contributed by atoms with Gasteiger partial charge >= 0.3 is 0 Å². The second-order valence-electron chi connectivity index (χ2n) is 3.50. The highest BCUT2D eigenvalue weighted by Gasteiger charge is 2.25. The van der Waals surface area contributed by atoms with Gasteiger partial charge in [0.1, 0.15) is 0 Å². The summed E-state index contributed by atoms with van der Waals surface area (Å²) < 4.78 is 0. The highest BCUT2D eigenvalue weighted by atomic mass is 32.2. The van der Waals surface area contributed by atoms with Crippen molar-refractivity contribution < 1.29 is 14.7 Å². The number of aliphatic imine (C=N–C) groups is 1. The van der Waals surface area contributed by atoms with Gasteiger partial charge in [-0.2, -0.15) is 0 Å². The van der Waals surface area contributed by atoms with E-state index in [2.05, 4.69) is 10.3 Å². The molecule has 1 fully saturated rings. The van der Waals surface area contributed by atoms with Gasteiger partial charge in [-0.15, -0.1) is 0 Å². The van der Waals surface area contributed by atoms with Gasteiger partial charge in [0.05, 0.1) is 16.9 Å². The topological polar surface area (TPSA) is 81.6 Å². The average molecular weight is 249 g/mol. The Kier molecular flexibility index (Phi) is 3.14. The Morgan fingerprint density at radius 1 is 1.41 bits per heavy atom. The van der Waals surface area contributed by atoms with Gasteiger partial charge in [0.15, 0.2) is 5.17 Å².